The van der Waals surface area contributed by atoms with Gasteiger partial charge in [0, 0.05) is 17.1 Å². The lowest BCUT2D eigenvalue weighted by Crippen LogP contribution is -2.45. The van der Waals surface area contributed by atoms with Crippen LogP contribution >= 0.6 is 0 Å². The fourth-order valence-corrected chi connectivity index (χ4v) is 8.55. The molecule has 0 N–H and O–H groups in total. The quantitative estimate of drug-likeness (QED) is 0.141. The summed E-state index contributed by atoms with van der Waals surface area (Å²) in [5.74, 6) is 0.0411. The number of nitrogens with zero attached hydrogens (tertiary/aromatic N) is 2. The van der Waals surface area contributed by atoms with Gasteiger partial charge in [0.05, 0.1) is 24.7 Å². The molecule has 0 aliphatic carbocycles. The van der Waals surface area contributed by atoms with Crippen LogP contribution in [0.1, 0.15) is 50.4 Å². The standard InChI is InChI=1S/C33H42N2O5SSi/c1-9-40-31(36)23-34(41(37,38)27-20-14-24(2)15-21-27)32(25-16-18-26(39-6)19-17-25)29-22-35(42(7,8)33(3,4)5)30-13-11-10-12-28(29)30/h10-22,32H,9,23H2,1-8H3. The van der Waals surface area contributed by atoms with Crippen LogP contribution in [0.3, 0.4) is 0 Å². The maximum atomic E-state index is 14.5. The first kappa shape index (κ1) is 31.5. The largest absolute Gasteiger partial charge is 0.497 e. The van der Waals surface area contributed by atoms with E-state index in [1.54, 1.807) is 38.3 Å². The van der Waals surface area contributed by atoms with Crippen molar-refractivity contribution in [2.24, 2.45) is 0 Å². The Hall–Kier alpha value is -3.40. The summed E-state index contributed by atoms with van der Waals surface area (Å²) >= 11 is 0. The summed E-state index contributed by atoms with van der Waals surface area (Å²) in [6.07, 6.45) is 2.11. The van der Waals surface area contributed by atoms with E-state index in [0.29, 0.717) is 11.3 Å². The highest BCUT2D eigenvalue weighted by atomic mass is 32.2. The van der Waals surface area contributed by atoms with Crippen molar-refractivity contribution in [3.05, 3.63) is 95.7 Å². The van der Waals surface area contributed by atoms with Crippen molar-refractivity contribution in [3.63, 3.8) is 0 Å². The molecule has 1 unspecified atom stereocenters. The number of benzene rings is 3. The second-order valence-corrected chi connectivity index (χ2v) is 19.1. The smallest absolute Gasteiger partial charge is 0.321 e. The van der Waals surface area contributed by atoms with Crippen molar-refractivity contribution < 1.29 is 22.7 Å². The number of carbonyl (C=O) groups is 1. The van der Waals surface area contributed by atoms with Crippen LogP contribution in [0.15, 0.2) is 83.9 Å². The minimum Gasteiger partial charge on any atom is -0.497 e. The molecule has 1 aromatic heterocycles. The maximum absolute atomic E-state index is 14.5. The van der Waals surface area contributed by atoms with Crippen molar-refractivity contribution in [1.29, 1.82) is 0 Å². The minimum absolute atomic E-state index is 0.0142. The molecular weight excluding hydrogens is 565 g/mol. The van der Waals surface area contributed by atoms with E-state index in [1.165, 1.54) is 4.31 Å². The molecule has 9 heteroatoms. The van der Waals surface area contributed by atoms with E-state index in [1.807, 2.05) is 49.4 Å². The van der Waals surface area contributed by atoms with Gasteiger partial charge >= 0.3 is 5.97 Å². The van der Waals surface area contributed by atoms with Crippen molar-refractivity contribution in [2.45, 2.75) is 63.7 Å². The maximum Gasteiger partial charge on any atom is 0.321 e. The molecule has 1 atom stereocenters. The highest BCUT2D eigenvalue weighted by Gasteiger charge is 2.41. The molecule has 0 bridgehead atoms. The highest BCUT2D eigenvalue weighted by molar-refractivity contribution is 7.89. The van der Waals surface area contributed by atoms with Crippen LogP contribution in [0, 0.1) is 6.92 Å². The molecule has 3 aromatic carbocycles. The van der Waals surface area contributed by atoms with Crippen LogP contribution < -0.4 is 4.74 Å². The number of sulfonamides is 1. The summed E-state index contributed by atoms with van der Waals surface area (Å²) in [6.45, 7) is 14.7. The first-order chi connectivity index (χ1) is 19.7. The topological polar surface area (TPSA) is 77.8 Å². The van der Waals surface area contributed by atoms with Gasteiger partial charge in [-0.25, -0.2) is 8.42 Å². The van der Waals surface area contributed by atoms with Crippen LogP contribution in [0.2, 0.25) is 18.1 Å². The Kier molecular flexibility index (Phi) is 9.06. The molecule has 0 aliphatic heterocycles. The van der Waals surface area contributed by atoms with Crippen molar-refractivity contribution >= 4 is 35.1 Å². The molecule has 7 nitrogen and oxygen atoms in total. The lowest BCUT2D eigenvalue weighted by molar-refractivity contribution is -0.143. The van der Waals surface area contributed by atoms with Crippen molar-refractivity contribution in [2.75, 3.05) is 20.3 Å². The molecule has 0 amide bonds. The van der Waals surface area contributed by atoms with Gasteiger partial charge in [-0.3, -0.25) is 4.79 Å². The molecule has 0 saturated carbocycles. The van der Waals surface area contributed by atoms with Crippen molar-refractivity contribution in [3.8, 4) is 5.75 Å². The predicted molar refractivity (Wildman–Crippen MR) is 171 cm³/mol. The van der Waals surface area contributed by atoms with Gasteiger partial charge in [0.15, 0.2) is 8.24 Å². The summed E-state index contributed by atoms with van der Waals surface area (Å²) in [5.41, 5.74) is 3.51. The Morgan fingerprint density at radius 1 is 0.976 bits per heavy atom. The molecule has 0 spiro atoms. The fraction of sp³-hybridized carbons (Fsp3) is 0.364. The lowest BCUT2D eigenvalue weighted by atomic mass is 9.98. The Morgan fingerprint density at radius 2 is 1.60 bits per heavy atom. The molecule has 224 valence electrons. The summed E-state index contributed by atoms with van der Waals surface area (Å²) in [4.78, 5) is 13.2. The van der Waals surface area contributed by atoms with Crippen LogP contribution in [0.5, 0.6) is 5.75 Å². The van der Waals surface area contributed by atoms with Gasteiger partial charge in [-0.2, -0.15) is 4.31 Å². The van der Waals surface area contributed by atoms with Gasteiger partial charge in [0.25, 0.3) is 0 Å². The number of para-hydroxylation sites is 1. The molecule has 42 heavy (non-hydrogen) atoms. The highest BCUT2D eigenvalue weighted by Crippen LogP contribution is 2.43. The van der Waals surface area contributed by atoms with Crippen LogP contribution in [0.25, 0.3) is 10.9 Å². The van der Waals surface area contributed by atoms with Crippen LogP contribution in [-0.2, 0) is 19.6 Å². The van der Waals surface area contributed by atoms with E-state index < -0.39 is 36.8 Å². The van der Waals surface area contributed by atoms with Gasteiger partial charge in [0.2, 0.25) is 10.0 Å². The van der Waals surface area contributed by atoms with Gasteiger partial charge in [0.1, 0.15) is 12.3 Å². The number of rotatable bonds is 10. The third-order valence-corrected chi connectivity index (χ3v) is 15.5. The number of esters is 1. The second kappa shape index (κ2) is 12.1. The Labute approximate surface area is 251 Å². The van der Waals surface area contributed by atoms with Gasteiger partial charge in [-0.1, -0.05) is 81.9 Å². The van der Waals surface area contributed by atoms with Gasteiger partial charge in [-0.05, 0) is 60.3 Å². The minimum atomic E-state index is -4.16. The number of methoxy groups -OCH3 is 1. The molecule has 0 saturated heterocycles. The molecule has 1 heterocycles. The van der Waals surface area contributed by atoms with E-state index in [0.717, 1.165) is 22.0 Å². The second-order valence-electron chi connectivity index (χ2n) is 12.1. The zero-order chi connectivity index (χ0) is 30.9. The zero-order valence-corrected chi connectivity index (χ0v) is 27.7. The summed E-state index contributed by atoms with van der Waals surface area (Å²) in [5, 5.41) is 0.955. The third kappa shape index (κ3) is 6.04. The molecule has 0 radical (unpaired) electrons. The monoisotopic (exact) mass is 606 g/mol. The van der Waals surface area contributed by atoms with Crippen LogP contribution in [0.4, 0.5) is 0 Å². The molecule has 0 fully saturated rings. The number of hydrogen-bond acceptors (Lipinski definition) is 5. The first-order valence-corrected chi connectivity index (χ1v) is 18.6. The Balaban J connectivity index is 2.06. The molecule has 4 rings (SSSR count). The third-order valence-electron chi connectivity index (χ3n) is 8.41. The van der Waals surface area contributed by atoms with Gasteiger partial charge in [-0.15, -0.1) is 0 Å². The Morgan fingerprint density at radius 3 is 2.17 bits per heavy atom. The predicted octanol–water partition coefficient (Wildman–Crippen LogP) is 7.16. The number of hydrogen-bond donors (Lipinski definition) is 0. The van der Waals surface area contributed by atoms with E-state index >= 15 is 0 Å². The first-order valence-electron chi connectivity index (χ1n) is 14.2. The summed E-state index contributed by atoms with van der Waals surface area (Å²) in [7, 11) is -4.72. The fourth-order valence-electron chi connectivity index (χ4n) is 5.03. The summed E-state index contributed by atoms with van der Waals surface area (Å²) < 4.78 is 43.4. The average molecular weight is 607 g/mol. The lowest BCUT2D eigenvalue weighted by Gasteiger charge is -2.38. The van der Waals surface area contributed by atoms with E-state index in [2.05, 4.69) is 50.4 Å². The van der Waals surface area contributed by atoms with Gasteiger partial charge < -0.3 is 13.7 Å². The molecule has 0 aliphatic rings. The molecule has 4 aromatic rings. The normalized spacial score (nSPS) is 13.4. The Bertz CT molecular complexity index is 1650. The van der Waals surface area contributed by atoms with E-state index in [4.69, 9.17) is 9.47 Å². The number of carbonyl (C=O) groups excluding carboxylic acids is 1. The number of ether oxygens (including phenoxy) is 2. The van der Waals surface area contributed by atoms with Crippen LogP contribution in [-0.4, -0.2) is 51.4 Å². The number of aromatic nitrogens is 1. The van der Waals surface area contributed by atoms with E-state index in [9.17, 15) is 13.2 Å². The number of fused-ring (bicyclic) bond motifs is 1. The SMILES string of the molecule is CCOC(=O)CN(C(c1ccc(OC)cc1)c1cn([Si](C)(C)C(C)(C)C)c2ccccc12)S(=O)(=O)c1ccc(C)cc1. The average Bonchev–Trinajstić information content (AvgIpc) is 3.33. The van der Waals surface area contributed by atoms with E-state index in [-0.39, 0.29) is 16.5 Å². The zero-order valence-electron chi connectivity index (χ0n) is 25.8. The molecular formula is C33H42N2O5SSi. The van der Waals surface area contributed by atoms with Crippen molar-refractivity contribution in [1.82, 2.24) is 8.54 Å². The number of aryl methyl sites for hydroxylation is 1. The summed E-state index contributed by atoms with van der Waals surface area (Å²) in [6, 6.07) is 21.4.